The SMILES string of the molecule is CN1C(=O)N(C)C2(CCN(C[C@H]3CCOc4ccccc4C3)CC2)C1=O. The summed E-state index contributed by atoms with van der Waals surface area (Å²) >= 11 is 0. The van der Waals surface area contributed by atoms with Crippen molar-refractivity contribution in [1.29, 1.82) is 0 Å². The van der Waals surface area contributed by atoms with Gasteiger partial charge < -0.3 is 14.5 Å². The van der Waals surface area contributed by atoms with Gasteiger partial charge in [-0.1, -0.05) is 18.2 Å². The van der Waals surface area contributed by atoms with Gasteiger partial charge >= 0.3 is 6.03 Å². The zero-order chi connectivity index (χ0) is 18.3. The molecule has 1 spiro atoms. The summed E-state index contributed by atoms with van der Waals surface area (Å²) in [6.07, 6.45) is 3.53. The van der Waals surface area contributed by atoms with Gasteiger partial charge in [0, 0.05) is 33.7 Å². The number of piperidine rings is 1. The second kappa shape index (κ2) is 6.58. The van der Waals surface area contributed by atoms with Gasteiger partial charge in [-0.05, 0) is 43.2 Å². The predicted octanol–water partition coefficient (Wildman–Crippen LogP) is 1.99. The van der Waals surface area contributed by atoms with Crippen molar-refractivity contribution in [3.05, 3.63) is 29.8 Å². The number of likely N-dealkylation sites (tertiary alicyclic amines) is 1. The summed E-state index contributed by atoms with van der Waals surface area (Å²) in [6, 6.07) is 8.13. The number of hydrogen-bond donors (Lipinski definition) is 0. The molecule has 0 radical (unpaired) electrons. The van der Waals surface area contributed by atoms with Crippen molar-refractivity contribution in [3.63, 3.8) is 0 Å². The number of para-hydroxylation sites is 1. The van der Waals surface area contributed by atoms with E-state index in [0.717, 1.165) is 57.7 Å². The van der Waals surface area contributed by atoms with E-state index < -0.39 is 5.54 Å². The van der Waals surface area contributed by atoms with E-state index in [0.29, 0.717) is 5.92 Å². The van der Waals surface area contributed by atoms with Crippen LogP contribution in [0.4, 0.5) is 4.79 Å². The molecule has 1 aromatic carbocycles. The van der Waals surface area contributed by atoms with Crippen molar-refractivity contribution in [2.45, 2.75) is 31.2 Å². The zero-order valence-corrected chi connectivity index (χ0v) is 15.6. The number of carbonyl (C=O) groups excluding carboxylic acids is 2. The third kappa shape index (κ3) is 2.76. The van der Waals surface area contributed by atoms with Crippen molar-refractivity contribution < 1.29 is 14.3 Å². The average molecular weight is 357 g/mol. The van der Waals surface area contributed by atoms with E-state index in [1.165, 1.54) is 10.5 Å². The second-order valence-corrected chi connectivity index (χ2v) is 7.85. The highest BCUT2D eigenvalue weighted by molar-refractivity contribution is 6.06. The number of nitrogens with zero attached hydrogens (tertiary/aromatic N) is 3. The van der Waals surface area contributed by atoms with Crippen LogP contribution < -0.4 is 4.74 Å². The number of fused-ring (bicyclic) bond motifs is 1. The molecule has 4 rings (SSSR count). The van der Waals surface area contributed by atoms with Gasteiger partial charge in [0.05, 0.1) is 6.61 Å². The molecule has 0 N–H and O–H groups in total. The van der Waals surface area contributed by atoms with Crippen LogP contribution in [0, 0.1) is 5.92 Å². The number of carbonyl (C=O) groups is 2. The fourth-order valence-electron chi connectivity index (χ4n) is 4.69. The highest BCUT2D eigenvalue weighted by Crippen LogP contribution is 2.36. The van der Waals surface area contributed by atoms with Gasteiger partial charge in [-0.3, -0.25) is 9.69 Å². The van der Waals surface area contributed by atoms with Gasteiger partial charge in [0.25, 0.3) is 5.91 Å². The summed E-state index contributed by atoms with van der Waals surface area (Å²) in [5, 5.41) is 0. The lowest BCUT2D eigenvalue weighted by Gasteiger charge is -2.41. The Morgan fingerprint density at radius 2 is 1.88 bits per heavy atom. The van der Waals surface area contributed by atoms with E-state index in [2.05, 4.69) is 23.1 Å². The molecule has 3 amide bonds. The van der Waals surface area contributed by atoms with Crippen molar-refractivity contribution in [2.24, 2.45) is 5.92 Å². The fraction of sp³-hybridized carbons (Fsp3) is 0.600. The molecule has 0 unspecified atom stereocenters. The van der Waals surface area contributed by atoms with Crippen molar-refractivity contribution in [1.82, 2.24) is 14.7 Å². The van der Waals surface area contributed by atoms with Gasteiger partial charge in [0.2, 0.25) is 0 Å². The van der Waals surface area contributed by atoms with Crippen LogP contribution in [0.3, 0.4) is 0 Å². The number of likely N-dealkylation sites (N-methyl/N-ethyl adjacent to an activating group) is 2. The third-order valence-corrected chi connectivity index (χ3v) is 6.38. The first-order chi connectivity index (χ1) is 12.5. The Morgan fingerprint density at radius 1 is 1.15 bits per heavy atom. The van der Waals surface area contributed by atoms with E-state index in [-0.39, 0.29) is 11.9 Å². The Kier molecular flexibility index (Phi) is 4.39. The fourth-order valence-corrected chi connectivity index (χ4v) is 4.69. The number of rotatable bonds is 2. The quantitative estimate of drug-likeness (QED) is 0.760. The van der Waals surface area contributed by atoms with Crippen molar-refractivity contribution in [2.75, 3.05) is 40.3 Å². The summed E-state index contributed by atoms with van der Waals surface area (Å²) in [7, 11) is 3.35. The maximum Gasteiger partial charge on any atom is 0.327 e. The molecule has 0 bridgehead atoms. The van der Waals surface area contributed by atoms with E-state index >= 15 is 0 Å². The number of imide groups is 1. The molecular formula is C20H27N3O3. The normalized spacial score (nSPS) is 26.0. The van der Waals surface area contributed by atoms with Gasteiger partial charge in [-0.25, -0.2) is 4.79 Å². The molecule has 6 heteroatoms. The van der Waals surface area contributed by atoms with Gasteiger partial charge in [-0.2, -0.15) is 0 Å². The largest absolute Gasteiger partial charge is 0.493 e. The lowest BCUT2D eigenvalue weighted by Crippen LogP contribution is -2.55. The van der Waals surface area contributed by atoms with E-state index in [1.54, 1.807) is 19.0 Å². The minimum absolute atomic E-state index is 0.0403. The van der Waals surface area contributed by atoms with Crippen LogP contribution in [-0.4, -0.2) is 72.5 Å². The minimum Gasteiger partial charge on any atom is -0.493 e. The summed E-state index contributed by atoms with van der Waals surface area (Å²) in [4.78, 5) is 30.1. The Balaban J connectivity index is 1.39. The maximum absolute atomic E-state index is 12.6. The molecule has 0 aromatic heterocycles. The number of ether oxygens (including phenoxy) is 1. The second-order valence-electron chi connectivity index (χ2n) is 7.85. The van der Waals surface area contributed by atoms with Crippen LogP contribution in [0.2, 0.25) is 0 Å². The summed E-state index contributed by atoms with van der Waals surface area (Å²) in [5.74, 6) is 1.54. The van der Waals surface area contributed by atoms with Gasteiger partial charge in [0.15, 0.2) is 0 Å². The summed E-state index contributed by atoms with van der Waals surface area (Å²) in [5.41, 5.74) is 0.669. The molecule has 3 aliphatic heterocycles. The van der Waals surface area contributed by atoms with E-state index in [9.17, 15) is 9.59 Å². The molecule has 3 heterocycles. The molecule has 26 heavy (non-hydrogen) atoms. The Bertz CT molecular complexity index is 712. The molecule has 1 aromatic rings. The van der Waals surface area contributed by atoms with Gasteiger partial charge in [-0.15, -0.1) is 0 Å². The number of amides is 3. The molecule has 2 saturated heterocycles. The molecule has 0 aliphatic carbocycles. The number of benzene rings is 1. The van der Waals surface area contributed by atoms with Crippen molar-refractivity contribution in [3.8, 4) is 5.75 Å². The molecule has 2 fully saturated rings. The van der Waals surface area contributed by atoms with Gasteiger partial charge in [0.1, 0.15) is 11.3 Å². The maximum atomic E-state index is 12.6. The van der Waals surface area contributed by atoms with Crippen molar-refractivity contribution >= 4 is 11.9 Å². The van der Waals surface area contributed by atoms with Crippen LogP contribution >= 0.6 is 0 Å². The minimum atomic E-state index is -0.624. The monoisotopic (exact) mass is 357 g/mol. The highest BCUT2D eigenvalue weighted by Gasteiger charge is 2.55. The lowest BCUT2D eigenvalue weighted by molar-refractivity contribution is -0.134. The van der Waals surface area contributed by atoms with Crippen LogP contribution in [0.15, 0.2) is 24.3 Å². The average Bonchev–Trinajstić information content (AvgIpc) is 2.82. The van der Waals surface area contributed by atoms with Crippen LogP contribution in [-0.2, 0) is 11.2 Å². The topological polar surface area (TPSA) is 53.1 Å². The van der Waals surface area contributed by atoms with E-state index in [4.69, 9.17) is 4.74 Å². The summed E-state index contributed by atoms with van der Waals surface area (Å²) in [6.45, 7) is 3.50. The number of urea groups is 1. The van der Waals surface area contributed by atoms with Crippen LogP contribution in [0.25, 0.3) is 0 Å². The van der Waals surface area contributed by atoms with E-state index in [1.807, 2.05) is 6.07 Å². The standard InChI is InChI=1S/C20H27N3O3/c1-21-18(24)20(22(2)19(21)25)8-10-23(11-9-20)14-15-7-12-26-17-6-4-3-5-16(17)13-15/h3-6,15H,7-14H2,1-2H3/t15-/m0/s1. The Labute approximate surface area is 154 Å². The Hall–Kier alpha value is -2.08. The zero-order valence-electron chi connectivity index (χ0n) is 15.6. The highest BCUT2D eigenvalue weighted by atomic mass is 16.5. The molecule has 6 nitrogen and oxygen atoms in total. The molecule has 0 saturated carbocycles. The first-order valence-electron chi connectivity index (χ1n) is 9.50. The molecular weight excluding hydrogens is 330 g/mol. The molecule has 3 aliphatic rings. The summed E-state index contributed by atoms with van der Waals surface area (Å²) < 4.78 is 5.88. The van der Waals surface area contributed by atoms with Crippen LogP contribution in [0.1, 0.15) is 24.8 Å². The smallest absolute Gasteiger partial charge is 0.327 e. The molecule has 1 atom stereocenters. The Morgan fingerprint density at radius 3 is 2.58 bits per heavy atom. The van der Waals surface area contributed by atoms with Crippen LogP contribution in [0.5, 0.6) is 5.75 Å². The molecule has 140 valence electrons. The lowest BCUT2D eigenvalue weighted by atomic mass is 9.85. The number of hydrogen-bond acceptors (Lipinski definition) is 4. The first kappa shape index (κ1) is 17.3. The third-order valence-electron chi connectivity index (χ3n) is 6.38. The first-order valence-corrected chi connectivity index (χ1v) is 9.50. The predicted molar refractivity (Wildman–Crippen MR) is 98.1 cm³/mol.